The summed E-state index contributed by atoms with van der Waals surface area (Å²) in [6, 6.07) is 10.4. The molecule has 23 heavy (non-hydrogen) atoms. The molecular formula is C18H25N3O2. The van der Waals surface area contributed by atoms with Crippen LogP contribution < -0.4 is 4.74 Å². The molecule has 1 aromatic rings. The van der Waals surface area contributed by atoms with Gasteiger partial charge in [-0.05, 0) is 31.0 Å². The molecule has 1 heterocycles. The summed E-state index contributed by atoms with van der Waals surface area (Å²) in [5, 5.41) is 8.77. The Kier molecular flexibility index (Phi) is 6.42. The van der Waals surface area contributed by atoms with Crippen LogP contribution in [-0.2, 0) is 11.2 Å². The lowest BCUT2D eigenvalue weighted by molar-refractivity contribution is -0.133. The smallest absolute Gasteiger partial charge is 0.222 e. The van der Waals surface area contributed by atoms with Crippen molar-refractivity contribution in [2.45, 2.75) is 32.2 Å². The molecule has 124 valence electrons. The Bertz CT molecular complexity index is 542. The Balaban J connectivity index is 1.75. The van der Waals surface area contributed by atoms with Crippen LogP contribution in [0.4, 0.5) is 0 Å². The second-order valence-electron chi connectivity index (χ2n) is 5.98. The number of ether oxygens (including phenoxy) is 1. The summed E-state index contributed by atoms with van der Waals surface area (Å²) < 4.78 is 5.14. The third-order valence-electron chi connectivity index (χ3n) is 4.46. The molecule has 1 atom stereocenters. The van der Waals surface area contributed by atoms with Crippen molar-refractivity contribution in [1.82, 2.24) is 9.80 Å². The number of methoxy groups -OCH3 is 1. The lowest BCUT2D eigenvalue weighted by Crippen LogP contribution is -2.51. The van der Waals surface area contributed by atoms with Crippen molar-refractivity contribution in [3.8, 4) is 11.8 Å². The molecule has 1 amide bonds. The van der Waals surface area contributed by atoms with Crippen molar-refractivity contribution in [1.29, 1.82) is 5.26 Å². The zero-order valence-corrected chi connectivity index (χ0v) is 14.0. The van der Waals surface area contributed by atoms with Gasteiger partial charge in [0.25, 0.3) is 0 Å². The number of carbonyl (C=O) groups excluding carboxylic acids is 1. The molecule has 0 saturated carbocycles. The highest BCUT2D eigenvalue weighted by Gasteiger charge is 2.23. The van der Waals surface area contributed by atoms with Crippen LogP contribution in [0.5, 0.6) is 5.75 Å². The van der Waals surface area contributed by atoms with Gasteiger partial charge in [0.2, 0.25) is 5.91 Å². The average Bonchev–Trinajstić information content (AvgIpc) is 2.60. The fourth-order valence-electron chi connectivity index (χ4n) is 2.87. The maximum atomic E-state index is 12.3. The summed E-state index contributed by atoms with van der Waals surface area (Å²) in [7, 11) is 1.65. The molecule has 1 aromatic carbocycles. The zero-order chi connectivity index (χ0) is 16.7. The van der Waals surface area contributed by atoms with E-state index in [2.05, 4.69) is 17.9 Å². The fourth-order valence-corrected chi connectivity index (χ4v) is 2.87. The van der Waals surface area contributed by atoms with Gasteiger partial charge in [-0.3, -0.25) is 9.69 Å². The molecule has 2 rings (SSSR count). The predicted molar refractivity (Wildman–Crippen MR) is 89.2 cm³/mol. The van der Waals surface area contributed by atoms with Crippen molar-refractivity contribution in [3.63, 3.8) is 0 Å². The summed E-state index contributed by atoms with van der Waals surface area (Å²) in [4.78, 5) is 16.6. The standard InChI is InChI=1S/C18H25N3O2/c1-15(9-10-19)20-11-13-21(14-12-20)18(22)8-5-16-3-6-17(23-2)7-4-16/h3-4,6-7,15H,5,8-9,11-14H2,1-2H3/t15-/m0/s1. The molecule has 0 spiro atoms. The van der Waals surface area contributed by atoms with Crippen LogP contribution in [0.2, 0.25) is 0 Å². The topological polar surface area (TPSA) is 56.6 Å². The van der Waals surface area contributed by atoms with Gasteiger partial charge in [0, 0.05) is 38.6 Å². The van der Waals surface area contributed by atoms with E-state index in [0.717, 1.165) is 43.9 Å². The van der Waals surface area contributed by atoms with Gasteiger partial charge in [-0.25, -0.2) is 0 Å². The predicted octanol–water partition coefficient (Wildman–Crippen LogP) is 2.07. The number of aryl methyl sites for hydroxylation is 1. The van der Waals surface area contributed by atoms with Crippen molar-refractivity contribution in [2.75, 3.05) is 33.3 Å². The minimum atomic E-state index is 0.216. The van der Waals surface area contributed by atoms with Crippen LogP contribution in [0.1, 0.15) is 25.3 Å². The van der Waals surface area contributed by atoms with E-state index in [1.807, 2.05) is 29.2 Å². The summed E-state index contributed by atoms with van der Waals surface area (Å²) in [5.41, 5.74) is 1.15. The molecule has 5 nitrogen and oxygen atoms in total. The summed E-state index contributed by atoms with van der Waals surface area (Å²) in [5.74, 6) is 1.05. The first kappa shape index (κ1) is 17.3. The van der Waals surface area contributed by atoms with E-state index in [0.29, 0.717) is 12.8 Å². The number of hydrogen-bond acceptors (Lipinski definition) is 4. The van der Waals surface area contributed by atoms with E-state index in [1.54, 1.807) is 7.11 Å². The van der Waals surface area contributed by atoms with Crippen LogP contribution in [0.15, 0.2) is 24.3 Å². The van der Waals surface area contributed by atoms with E-state index in [-0.39, 0.29) is 11.9 Å². The second kappa shape index (κ2) is 8.54. The van der Waals surface area contributed by atoms with Gasteiger partial charge >= 0.3 is 0 Å². The van der Waals surface area contributed by atoms with E-state index in [1.165, 1.54) is 0 Å². The third-order valence-corrected chi connectivity index (χ3v) is 4.46. The Labute approximate surface area is 138 Å². The molecule has 5 heteroatoms. The average molecular weight is 315 g/mol. The highest BCUT2D eigenvalue weighted by Crippen LogP contribution is 2.14. The normalized spacial score (nSPS) is 16.7. The lowest BCUT2D eigenvalue weighted by Gasteiger charge is -2.37. The van der Waals surface area contributed by atoms with Gasteiger partial charge in [-0.1, -0.05) is 12.1 Å². The van der Waals surface area contributed by atoms with Crippen molar-refractivity contribution >= 4 is 5.91 Å². The fraction of sp³-hybridized carbons (Fsp3) is 0.556. The number of amides is 1. The Hall–Kier alpha value is -2.06. The first-order chi connectivity index (χ1) is 11.1. The maximum Gasteiger partial charge on any atom is 0.222 e. The van der Waals surface area contributed by atoms with E-state index in [4.69, 9.17) is 10.00 Å². The summed E-state index contributed by atoms with van der Waals surface area (Å²) in [6.07, 6.45) is 1.85. The molecule has 1 fully saturated rings. The van der Waals surface area contributed by atoms with Crippen LogP contribution in [-0.4, -0.2) is 55.0 Å². The Morgan fingerprint density at radius 2 is 1.91 bits per heavy atom. The SMILES string of the molecule is COc1ccc(CCC(=O)N2CCN([C@@H](C)CC#N)CC2)cc1. The molecule has 0 bridgehead atoms. The molecule has 0 unspecified atom stereocenters. The van der Waals surface area contributed by atoms with Crippen molar-refractivity contribution in [2.24, 2.45) is 0 Å². The van der Waals surface area contributed by atoms with Gasteiger partial charge in [0.05, 0.1) is 19.6 Å². The largest absolute Gasteiger partial charge is 0.497 e. The monoisotopic (exact) mass is 315 g/mol. The molecule has 1 aliphatic heterocycles. The first-order valence-electron chi connectivity index (χ1n) is 8.15. The van der Waals surface area contributed by atoms with Gasteiger partial charge in [-0.2, -0.15) is 5.26 Å². The summed E-state index contributed by atoms with van der Waals surface area (Å²) >= 11 is 0. The number of nitriles is 1. The quantitative estimate of drug-likeness (QED) is 0.806. The number of nitrogens with zero attached hydrogens (tertiary/aromatic N) is 3. The zero-order valence-electron chi connectivity index (χ0n) is 14.0. The van der Waals surface area contributed by atoms with E-state index >= 15 is 0 Å². The molecule has 1 aliphatic rings. The minimum absolute atomic E-state index is 0.216. The molecule has 0 radical (unpaired) electrons. The third kappa shape index (κ3) is 4.97. The molecular weight excluding hydrogens is 290 g/mol. The van der Waals surface area contributed by atoms with Crippen LogP contribution in [0.3, 0.4) is 0 Å². The van der Waals surface area contributed by atoms with Crippen molar-refractivity contribution in [3.05, 3.63) is 29.8 Å². The molecule has 0 N–H and O–H groups in total. The Morgan fingerprint density at radius 1 is 1.26 bits per heavy atom. The molecule has 1 saturated heterocycles. The molecule has 0 aliphatic carbocycles. The number of carbonyl (C=O) groups is 1. The lowest BCUT2D eigenvalue weighted by atomic mass is 10.1. The minimum Gasteiger partial charge on any atom is -0.497 e. The number of piperazine rings is 1. The van der Waals surface area contributed by atoms with Crippen LogP contribution in [0.25, 0.3) is 0 Å². The van der Waals surface area contributed by atoms with Gasteiger partial charge in [0.15, 0.2) is 0 Å². The summed E-state index contributed by atoms with van der Waals surface area (Å²) in [6.45, 7) is 5.31. The maximum absolute atomic E-state index is 12.3. The molecule has 0 aromatic heterocycles. The number of rotatable bonds is 6. The number of benzene rings is 1. The first-order valence-corrected chi connectivity index (χ1v) is 8.15. The van der Waals surface area contributed by atoms with Gasteiger partial charge in [-0.15, -0.1) is 0 Å². The number of hydrogen-bond donors (Lipinski definition) is 0. The van der Waals surface area contributed by atoms with Gasteiger partial charge < -0.3 is 9.64 Å². The van der Waals surface area contributed by atoms with Crippen molar-refractivity contribution < 1.29 is 9.53 Å². The van der Waals surface area contributed by atoms with Crippen LogP contribution in [0, 0.1) is 11.3 Å². The van der Waals surface area contributed by atoms with Crippen LogP contribution >= 0.6 is 0 Å². The Morgan fingerprint density at radius 3 is 2.48 bits per heavy atom. The van der Waals surface area contributed by atoms with Gasteiger partial charge in [0.1, 0.15) is 5.75 Å². The second-order valence-corrected chi connectivity index (χ2v) is 5.98. The highest BCUT2D eigenvalue weighted by molar-refractivity contribution is 5.76. The van der Waals surface area contributed by atoms with E-state index < -0.39 is 0 Å². The highest BCUT2D eigenvalue weighted by atomic mass is 16.5. The van der Waals surface area contributed by atoms with E-state index in [9.17, 15) is 4.79 Å².